The summed E-state index contributed by atoms with van der Waals surface area (Å²) in [6.45, 7) is 2.47. The molecule has 19 heavy (non-hydrogen) atoms. The molecule has 1 aromatic rings. The second-order valence-corrected chi connectivity index (χ2v) is 5.61. The summed E-state index contributed by atoms with van der Waals surface area (Å²) >= 11 is 5.95. The quantitative estimate of drug-likeness (QED) is 0.717. The van der Waals surface area contributed by atoms with Gasteiger partial charge in [0.05, 0.1) is 17.3 Å². The van der Waals surface area contributed by atoms with E-state index in [9.17, 15) is 8.42 Å². The molecule has 0 spiro atoms. The van der Waals surface area contributed by atoms with Crippen LogP contribution in [0.5, 0.6) is 0 Å². The molecule has 0 aliphatic heterocycles. The fourth-order valence-corrected chi connectivity index (χ4v) is 2.41. The average molecular weight is 302 g/mol. The van der Waals surface area contributed by atoms with Crippen LogP contribution in [0.2, 0.25) is 5.02 Å². The van der Waals surface area contributed by atoms with Crippen LogP contribution in [0.3, 0.4) is 0 Å². The zero-order valence-corrected chi connectivity index (χ0v) is 12.1. The maximum atomic E-state index is 11.7. The molecule has 0 heterocycles. The Kier molecular flexibility index (Phi) is 6.12. The van der Waals surface area contributed by atoms with Crippen molar-refractivity contribution in [1.29, 1.82) is 0 Å². The summed E-state index contributed by atoms with van der Waals surface area (Å²) in [6, 6.07) is 4.72. The van der Waals surface area contributed by atoms with Gasteiger partial charge < -0.3 is 5.73 Å². The normalized spacial score (nSPS) is 10.7. The van der Waals surface area contributed by atoms with Crippen LogP contribution in [0.1, 0.15) is 18.9 Å². The summed E-state index contributed by atoms with van der Waals surface area (Å²) < 4.78 is 28.1. The van der Waals surface area contributed by atoms with Crippen LogP contribution in [-0.4, -0.2) is 21.5 Å². The molecule has 4 N–H and O–H groups in total. The van der Waals surface area contributed by atoms with Crippen molar-refractivity contribution in [2.24, 2.45) is 5.73 Å². The van der Waals surface area contributed by atoms with Crippen LogP contribution in [0.4, 0.5) is 5.69 Å². The van der Waals surface area contributed by atoms with Gasteiger partial charge in [-0.3, -0.25) is 4.72 Å². The number of hydrogen-bond donors (Lipinski definition) is 3. The summed E-state index contributed by atoms with van der Waals surface area (Å²) in [6.07, 6.45) is 0.717. The summed E-state index contributed by atoms with van der Waals surface area (Å²) in [5, 5.41) is 0.449. The fourth-order valence-electron chi connectivity index (χ4n) is 1.26. The van der Waals surface area contributed by atoms with Gasteiger partial charge in [-0.15, -0.1) is 0 Å². The molecule has 0 unspecified atom stereocenters. The van der Waals surface area contributed by atoms with Gasteiger partial charge in [0, 0.05) is 12.1 Å². The Hall–Kier alpha value is -1.26. The third kappa shape index (κ3) is 5.49. The lowest BCUT2D eigenvalue weighted by Gasteiger charge is -2.09. The Bertz CT molecular complexity index is 591. The molecule has 0 aliphatic carbocycles. The van der Waals surface area contributed by atoms with Crippen LogP contribution < -0.4 is 15.2 Å². The first-order chi connectivity index (χ1) is 8.98. The van der Waals surface area contributed by atoms with Gasteiger partial charge in [-0.1, -0.05) is 30.4 Å². The summed E-state index contributed by atoms with van der Waals surface area (Å²) in [7, 11) is -3.56. The molecular weight excluding hydrogens is 286 g/mol. The lowest BCUT2D eigenvalue weighted by molar-refractivity contribution is 0.586. The highest BCUT2D eigenvalue weighted by Crippen LogP contribution is 2.20. The van der Waals surface area contributed by atoms with Crippen molar-refractivity contribution < 1.29 is 8.42 Å². The molecular formula is C12H16ClN3O2S. The molecule has 0 saturated carbocycles. The number of anilines is 1. The van der Waals surface area contributed by atoms with E-state index in [2.05, 4.69) is 21.3 Å². The minimum Gasteiger partial charge on any atom is -0.320 e. The molecule has 0 aromatic heterocycles. The summed E-state index contributed by atoms with van der Waals surface area (Å²) in [5.41, 5.74) is 6.21. The van der Waals surface area contributed by atoms with Crippen molar-refractivity contribution in [3.05, 3.63) is 28.8 Å². The molecule has 5 nitrogen and oxygen atoms in total. The molecule has 104 valence electrons. The van der Waals surface area contributed by atoms with E-state index in [1.165, 1.54) is 0 Å². The maximum Gasteiger partial charge on any atom is 0.299 e. The second kappa shape index (κ2) is 7.36. The van der Waals surface area contributed by atoms with Crippen LogP contribution in [0.25, 0.3) is 0 Å². The summed E-state index contributed by atoms with van der Waals surface area (Å²) in [5.74, 6) is 5.45. The number of nitrogens with one attached hydrogen (secondary N) is 2. The highest BCUT2D eigenvalue weighted by Gasteiger charge is 2.09. The van der Waals surface area contributed by atoms with Gasteiger partial charge in [-0.05, 0) is 24.6 Å². The highest BCUT2D eigenvalue weighted by atomic mass is 35.5. The van der Waals surface area contributed by atoms with Crippen LogP contribution >= 0.6 is 11.6 Å². The van der Waals surface area contributed by atoms with E-state index in [-0.39, 0.29) is 6.54 Å². The van der Waals surface area contributed by atoms with Crippen molar-refractivity contribution in [2.75, 3.05) is 17.8 Å². The summed E-state index contributed by atoms with van der Waals surface area (Å²) in [4.78, 5) is 0. The monoisotopic (exact) mass is 301 g/mol. The molecule has 0 bridgehead atoms. The van der Waals surface area contributed by atoms with Crippen molar-refractivity contribution >= 4 is 27.5 Å². The topological polar surface area (TPSA) is 84.2 Å². The van der Waals surface area contributed by atoms with E-state index >= 15 is 0 Å². The number of rotatable bonds is 5. The molecule has 1 aromatic carbocycles. The van der Waals surface area contributed by atoms with Crippen molar-refractivity contribution in [2.45, 2.75) is 13.3 Å². The van der Waals surface area contributed by atoms with Crippen LogP contribution in [-0.2, 0) is 10.2 Å². The first-order valence-corrected chi connectivity index (χ1v) is 7.60. The van der Waals surface area contributed by atoms with E-state index in [1.54, 1.807) is 18.2 Å². The molecule has 0 fully saturated rings. The fraction of sp³-hybridized carbons (Fsp3) is 0.333. The van der Waals surface area contributed by atoms with Crippen LogP contribution in [0, 0.1) is 11.8 Å². The van der Waals surface area contributed by atoms with Gasteiger partial charge in [0.15, 0.2) is 0 Å². The minimum atomic E-state index is -3.56. The molecule has 0 amide bonds. The SMILES string of the molecule is CCCNS(=O)(=O)Nc1ccc(Cl)c(C#CCN)c1. The number of hydrogen-bond acceptors (Lipinski definition) is 3. The predicted octanol–water partition coefficient (Wildman–Crippen LogP) is 1.31. The van der Waals surface area contributed by atoms with Gasteiger partial charge in [0.2, 0.25) is 0 Å². The third-order valence-electron chi connectivity index (χ3n) is 2.09. The lowest BCUT2D eigenvalue weighted by atomic mass is 10.2. The van der Waals surface area contributed by atoms with E-state index in [4.69, 9.17) is 17.3 Å². The van der Waals surface area contributed by atoms with Gasteiger partial charge in [-0.2, -0.15) is 13.1 Å². The van der Waals surface area contributed by atoms with E-state index in [0.29, 0.717) is 22.8 Å². The first-order valence-electron chi connectivity index (χ1n) is 5.74. The Labute approximate surface area is 118 Å². The number of halogens is 1. The number of benzene rings is 1. The Morgan fingerprint density at radius 1 is 1.42 bits per heavy atom. The van der Waals surface area contributed by atoms with E-state index in [1.807, 2.05) is 6.92 Å². The molecule has 0 radical (unpaired) electrons. The molecule has 0 saturated heterocycles. The van der Waals surface area contributed by atoms with Crippen LogP contribution in [0.15, 0.2) is 18.2 Å². The van der Waals surface area contributed by atoms with E-state index in [0.717, 1.165) is 6.42 Å². The van der Waals surface area contributed by atoms with Crippen molar-refractivity contribution in [3.63, 3.8) is 0 Å². The van der Waals surface area contributed by atoms with Gasteiger partial charge in [0.25, 0.3) is 10.2 Å². The highest BCUT2D eigenvalue weighted by molar-refractivity contribution is 7.90. The van der Waals surface area contributed by atoms with Gasteiger partial charge in [0.1, 0.15) is 0 Å². The lowest BCUT2D eigenvalue weighted by Crippen LogP contribution is -2.30. The Balaban J connectivity index is 2.91. The first kappa shape index (κ1) is 15.8. The van der Waals surface area contributed by atoms with Gasteiger partial charge >= 0.3 is 0 Å². The second-order valence-electron chi connectivity index (χ2n) is 3.70. The van der Waals surface area contributed by atoms with Gasteiger partial charge in [-0.25, -0.2) is 0 Å². The molecule has 0 atom stereocenters. The Morgan fingerprint density at radius 2 is 2.16 bits per heavy atom. The third-order valence-corrected chi connectivity index (χ3v) is 3.50. The van der Waals surface area contributed by atoms with Crippen molar-refractivity contribution in [3.8, 4) is 11.8 Å². The van der Waals surface area contributed by atoms with E-state index < -0.39 is 10.2 Å². The maximum absolute atomic E-state index is 11.7. The molecule has 7 heteroatoms. The number of nitrogens with two attached hydrogens (primary N) is 1. The average Bonchev–Trinajstić information content (AvgIpc) is 2.37. The smallest absolute Gasteiger partial charge is 0.299 e. The largest absolute Gasteiger partial charge is 0.320 e. The zero-order chi connectivity index (χ0) is 14.3. The minimum absolute atomic E-state index is 0.213. The molecule has 1 rings (SSSR count). The standard InChI is InChI=1S/C12H16ClN3O2S/c1-2-8-15-19(17,18)16-11-5-6-12(13)10(9-11)4-3-7-14/h5-6,9,15-16H,2,7-8,14H2,1H3. The zero-order valence-electron chi connectivity index (χ0n) is 10.5. The van der Waals surface area contributed by atoms with Crippen molar-refractivity contribution in [1.82, 2.24) is 4.72 Å². The molecule has 0 aliphatic rings. The Morgan fingerprint density at radius 3 is 2.79 bits per heavy atom. The predicted molar refractivity (Wildman–Crippen MR) is 78.2 cm³/mol.